The number of carbonyl (C=O) groups is 1. The molecule has 0 radical (unpaired) electrons. The van der Waals surface area contributed by atoms with Crippen LogP contribution in [0.1, 0.15) is 25.7 Å². The van der Waals surface area contributed by atoms with Gasteiger partial charge in [0.15, 0.2) is 0 Å². The van der Waals surface area contributed by atoms with Gasteiger partial charge in [0.05, 0.1) is 4.92 Å². The van der Waals surface area contributed by atoms with Gasteiger partial charge < -0.3 is 4.90 Å². The van der Waals surface area contributed by atoms with Crippen molar-refractivity contribution < 1.29 is 9.72 Å². The molecule has 3 rings (SSSR count). The Morgan fingerprint density at radius 1 is 1.26 bits per heavy atom. The fourth-order valence-corrected chi connectivity index (χ4v) is 3.38. The molecule has 2 unspecified atom stereocenters. The third-order valence-electron chi connectivity index (χ3n) is 3.97. The number of Topliss-reactive ketones (excluding diaryl/α,β-unsaturated/α-hetero) is 1. The van der Waals surface area contributed by atoms with Crippen LogP contribution in [0, 0.1) is 10.1 Å². The second kappa shape index (κ2) is 4.49. The van der Waals surface area contributed by atoms with Gasteiger partial charge in [-0.15, -0.1) is 0 Å². The summed E-state index contributed by atoms with van der Waals surface area (Å²) in [5, 5.41) is 11.1. The van der Waals surface area contributed by atoms with Crippen LogP contribution >= 0.6 is 11.6 Å². The van der Waals surface area contributed by atoms with Crippen molar-refractivity contribution in [3.63, 3.8) is 0 Å². The van der Waals surface area contributed by atoms with Gasteiger partial charge in [-0.05, 0) is 25.0 Å². The first-order valence-corrected chi connectivity index (χ1v) is 6.68. The first kappa shape index (κ1) is 12.4. The van der Waals surface area contributed by atoms with Crippen molar-refractivity contribution in [2.45, 2.75) is 37.8 Å². The minimum absolute atomic E-state index is 0.0736. The maximum Gasteiger partial charge on any atom is 0.289 e. The number of rotatable bonds is 2. The second-order valence-electron chi connectivity index (χ2n) is 5.13. The molecule has 6 heteroatoms. The number of anilines is 1. The van der Waals surface area contributed by atoms with Crippen molar-refractivity contribution in [2.24, 2.45) is 0 Å². The maximum atomic E-state index is 11.6. The van der Waals surface area contributed by atoms with Crippen molar-refractivity contribution in [1.82, 2.24) is 0 Å². The molecule has 0 aromatic heterocycles. The maximum absolute atomic E-state index is 11.6. The van der Waals surface area contributed by atoms with E-state index in [0.29, 0.717) is 18.6 Å². The van der Waals surface area contributed by atoms with Gasteiger partial charge in [-0.25, -0.2) is 0 Å². The molecule has 2 fully saturated rings. The van der Waals surface area contributed by atoms with Crippen LogP contribution in [0.5, 0.6) is 0 Å². The van der Waals surface area contributed by atoms with E-state index in [1.807, 2.05) is 0 Å². The Hall–Kier alpha value is -1.62. The minimum atomic E-state index is -0.469. The zero-order chi connectivity index (χ0) is 13.6. The standard InChI is InChI=1S/C13H13ClN2O3/c14-12-4-3-10(7-13(12)16(18)19)15-8-1-2-9(15)6-11(17)5-8/h3-4,7-9H,1-2,5-6H2. The highest BCUT2D eigenvalue weighted by Crippen LogP contribution is 2.40. The van der Waals surface area contributed by atoms with Gasteiger partial charge in [0.2, 0.25) is 0 Å². The monoisotopic (exact) mass is 280 g/mol. The lowest BCUT2D eigenvalue weighted by Gasteiger charge is -2.35. The van der Waals surface area contributed by atoms with Crippen LogP contribution < -0.4 is 4.90 Å². The van der Waals surface area contributed by atoms with Gasteiger partial charge in [0.1, 0.15) is 10.8 Å². The van der Waals surface area contributed by atoms with E-state index in [-0.39, 0.29) is 22.8 Å². The molecule has 0 aliphatic carbocycles. The largest absolute Gasteiger partial charge is 0.364 e. The SMILES string of the molecule is O=C1CC2CCC(C1)N2c1ccc(Cl)c([N+](=O)[O-])c1. The van der Waals surface area contributed by atoms with E-state index in [4.69, 9.17) is 11.6 Å². The van der Waals surface area contributed by atoms with Crippen LogP contribution in [0.15, 0.2) is 18.2 Å². The molecule has 0 saturated carbocycles. The second-order valence-corrected chi connectivity index (χ2v) is 5.54. The molecule has 2 saturated heterocycles. The molecule has 2 bridgehead atoms. The molecule has 0 N–H and O–H groups in total. The Labute approximate surface area is 115 Å². The Kier molecular flexibility index (Phi) is 2.93. The van der Waals surface area contributed by atoms with Crippen molar-refractivity contribution in [2.75, 3.05) is 4.90 Å². The van der Waals surface area contributed by atoms with Crippen LogP contribution in [-0.4, -0.2) is 22.8 Å². The number of nitrogens with zero attached hydrogens (tertiary/aromatic N) is 2. The summed E-state index contributed by atoms with van der Waals surface area (Å²) in [5.41, 5.74) is 0.728. The highest BCUT2D eigenvalue weighted by atomic mass is 35.5. The van der Waals surface area contributed by atoms with Crippen molar-refractivity contribution in [3.05, 3.63) is 33.3 Å². The Balaban J connectivity index is 1.97. The molecule has 100 valence electrons. The fourth-order valence-electron chi connectivity index (χ4n) is 3.19. The van der Waals surface area contributed by atoms with E-state index in [2.05, 4.69) is 4.90 Å². The molecule has 1 aromatic carbocycles. The summed E-state index contributed by atoms with van der Waals surface area (Å²) in [6, 6.07) is 5.25. The summed E-state index contributed by atoms with van der Waals surface area (Å²) in [7, 11) is 0. The van der Waals surface area contributed by atoms with Crippen LogP contribution in [0.25, 0.3) is 0 Å². The number of fused-ring (bicyclic) bond motifs is 2. The van der Waals surface area contributed by atoms with Gasteiger partial charge in [0.25, 0.3) is 5.69 Å². The molecular weight excluding hydrogens is 268 g/mol. The third kappa shape index (κ3) is 2.08. The van der Waals surface area contributed by atoms with Crippen LogP contribution in [0.3, 0.4) is 0 Å². The predicted molar refractivity (Wildman–Crippen MR) is 71.6 cm³/mol. The first-order valence-electron chi connectivity index (χ1n) is 6.30. The van der Waals surface area contributed by atoms with Crippen LogP contribution in [0.4, 0.5) is 11.4 Å². The highest BCUT2D eigenvalue weighted by Gasteiger charge is 2.40. The van der Waals surface area contributed by atoms with Crippen LogP contribution in [-0.2, 0) is 4.79 Å². The molecule has 2 aliphatic rings. The lowest BCUT2D eigenvalue weighted by Crippen LogP contribution is -2.43. The third-order valence-corrected chi connectivity index (χ3v) is 4.29. The number of nitro groups is 1. The average molecular weight is 281 g/mol. The van der Waals surface area contributed by atoms with Gasteiger partial charge in [-0.1, -0.05) is 11.6 Å². The van der Waals surface area contributed by atoms with Gasteiger partial charge in [-0.3, -0.25) is 14.9 Å². The first-order chi connectivity index (χ1) is 9.06. The normalized spacial score (nSPS) is 25.7. The molecule has 2 aliphatic heterocycles. The Morgan fingerprint density at radius 2 is 1.89 bits per heavy atom. The summed E-state index contributed by atoms with van der Waals surface area (Å²) in [4.78, 5) is 24.2. The number of nitro benzene ring substituents is 1. The quantitative estimate of drug-likeness (QED) is 0.617. The lowest BCUT2D eigenvalue weighted by atomic mass is 10.0. The van der Waals surface area contributed by atoms with E-state index in [1.54, 1.807) is 12.1 Å². The zero-order valence-electron chi connectivity index (χ0n) is 10.2. The van der Waals surface area contributed by atoms with E-state index in [1.165, 1.54) is 6.07 Å². The van der Waals surface area contributed by atoms with Gasteiger partial charge in [-0.2, -0.15) is 0 Å². The minimum Gasteiger partial charge on any atom is -0.364 e. The highest BCUT2D eigenvalue weighted by molar-refractivity contribution is 6.32. The molecule has 0 amide bonds. The van der Waals surface area contributed by atoms with E-state index >= 15 is 0 Å². The summed E-state index contributed by atoms with van der Waals surface area (Å²) in [5.74, 6) is 0.298. The number of halogens is 1. The summed E-state index contributed by atoms with van der Waals surface area (Å²) in [6.07, 6.45) is 3.06. The van der Waals surface area contributed by atoms with E-state index < -0.39 is 4.92 Å². The molecule has 5 nitrogen and oxygen atoms in total. The molecular formula is C13H13ClN2O3. The number of ketones is 1. The van der Waals surface area contributed by atoms with Gasteiger partial charge >= 0.3 is 0 Å². The Bertz CT molecular complexity index is 545. The molecule has 0 spiro atoms. The number of carbonyl (C=O) groups excluding carboxylic acids is 1. The number of hydrogen-bond acceptors (Lipinski definition) is 4. The topological polar surface area (TPSA) is 63.5 Å². The van der Waals surface area contributed by atoms with Crippen molar-refractivity contribution in [1.29, 1.82) is 0 Å². The fraction of sp³-hybridized carbons (Fsp3) is 0.462. The number of benzene rings is 1. The molecule has 2 atom stereocenters. The van der Waals surface area contributed by atoms with E-state index in [9.17, 15) is 14.9 Å². The Morgan fingerprint density at radius 3 is 2.47 bits per heavy atom. The van der Waals surface area contributed by atoms with Crippen molar-refractivity contribution >= 4 is 28.8 Å². The van der Waals surface area contributed by atoms with Gasteiger partial charge in [0, 0.05) is 36.7 Å². The lowest BCUT2D eigenvalue weighted by molar-refractivity contribution is -0.384. The summed E-state index contributed by atoms with van der Waals surface area (Å²) < 4.78 is 0. The predicted octanol–water partition coefficient (Wildman–Crippen LogP) is 2.95. The summed E-state index contributed by atoms with van der Waals surface area (Å²) in [6.45, 7) is 0. The van der Waals surface area contributed by atoms with Crippen LogP contribution in [0.2, 0.25) is 5.02 Å². The smallest absolute Gasteiger partial charge is 0.289 e. The molecule has 2 heterocycles. The molecule has 1 aromatic rings. The average Bonchev–Trinajstić information content (AvgIpc) is 2.63. The number of piperidine rings is 1. The number of hydrogen-bond donors (Lipinski definition) is 0. The van der Waals surface area contributed by atoms with Crippen molar-refractivity contribution in [3.8, 4) is 0 Å². The molecule has 19 heavy (non-hydrogen) atoms. The summed E-state index contributed by atoms with van der Waals surface area (Å²) >= 11 is 5.83. The van der Waals surface area contributed by atoms with E-state index in [0.717, 1.165) is 18.5 Å². The zero-order valence-corrected chi connectivity index (χ0v) is 11.0.